The molecule has 0 aromatic heterocycles. The van der Waals surface area contributed by atoms with Crippen LogP contribution in [0, 0.1) is 11.8 Å². The molecule has 31 heteroatoms. The molecule has 0 aliphatic rings. The molecule has 0 fully saturated rings. The number of aliphatic carboxylic acids is 1. The van der Waals surface area contributed by atoms with Crippen molar-refractivity contribution in [3.8, 4) is 0 Å². The van der Waals surface area contributed by atoms with Crippen LogP contribution in [0.2, 0.25) is 0 Å². The average molecular weight is 1190 g/mol. The van der Waals surface area contributed by atoms with Crippen molar-refractivity contribution in [3.05, 3.63) is 0 Å². The lowest BCUT2D eigenvalue weighted by atomic mass is 9.96. The normalized spacial score (nSPS) is 16.0. The summed E-state index contributed by atoms with van der Waals surface area (Å²) in [6, 6.07) is -14.1. The molecule has 0 bridgehead atoms. The van der Waals surface area contributed by atoms with E-state index in [0.29, 0.717) is 50.8 Å². The largest absolute Gasteiger partial charge is 0.480 e. The van der Waals surface area contributed by atoms with Crippen LogP contribution < -0.4 is 82.3 Å². The summed E-state index contributed by atoms with van der Waals surface area (Å²) in [4.78, 5) is 140. The second kappa shape index (κ2) is 41.9. The number of thioether (sulfide) groups is 1. The van der Waals surface area contributed by atoms with Crippen molar-refractivity contribution >= 4 is 76.9 Å². The lowest BCUT2D eigenvalue weighted by molar-refractivity contribution is -0.144. The molecular formula is C51H98N16O14S. The van der Waals surface area contributed by atoms with E-state index < -0.39 is 144 Å². The SMILES string of the molecule is CC[C@H](C)[C@H](NC(=O)[C@H](CCCN=C(N)N)NC(=O)[C@H](CCCCN)NC(=O)[C@H](CCSC)NC(=O)[C@@H](NC(=O)[C@H](CCCCN)NC(=O)[C@H](CCCCN)NC(=O)[C@@H](N)C(C)C)[C@@H](C)O)C(=O)N[C@H](C(=O)N[C@@H](CO)C(=O)O)[C@@H](C)O. The summed E-state index contributed by atoms with van der Waals surface area (Å²) in [5, 5.41) is 62.9. The van der Waals surface area contributed by atoms with Crippen LogP contribution in [-0.4, -0.2) is 203 Å². The highest BCUT2D eigenvalue weighted by molar-refractivity contribution is 7.98. The smallest absolute Gasteiger partial charge is 0.328 e. The zero-order valence-electron chi connectivity index (χ0n) is 48.7. The highest BCUT2D eigenvalue weighted by atomic mass is 32.2. The number of aliphatic hydroxyl groups is 3. The minimum Gasteiger partial charge on any atom is -0.480 e. The van der Waals surface area contributed by atoms with Gasteiger partial charge in [-0.15, -0.1) is 0 Å². The van der Waals surface area contributed by atoms with Gasteiger partial charge in [0.15, 0.2) is 5.96 Å². The van der Waals surface area contributed by atoms with Gasteiger partial charge >= 0.3 is 5.97 Å². The maximum Gasteiger partial charge on any atom is 0.328 e. The van der Waals surface area contributed by atoms with E-state index in [4.69, 9.17) is 34.4 Å². The fourth-order valence-electron chi connectivity index (χ4n) is 7.92. The fourth-order valence-corrected chi connectivity index (χ4v) is 8.39. The van der Waals surface area contributed by atoms with Crippen molar-refractivity contribution in [2.75, 3.05) is 44.8 Å². The third-order valence-electron chi connectivity index (χ3n) is 13.3. The molecule has 0 unspecified atom stereocenters. The molecule has 9 amide bonds. The lowest BCUT2D eigenvalue weighted by Gasteiger charge is -2.30. The first-order chi connectivity index (χ1) is 38.6. The molecular weight excluding hydrogens is 1090 g/mol. The first-order valence-electron chi connectivity index (χ1n) is 28.0. The molecule has 82 heavy (non-hydrogen) atoms. The molecule has 0 radical (unpaired) electrons. The number of aliphatic imine (C=N–C) groups is 1. The van der Waals surface area contributed by atoms with E-state index in [2.05, 4.69) is 47.5 Å². The number of carboxylic acids is 1. The molecule has 25 N–H and O–H groups in total. The summed E-state index contributed by atoms with van der Waals surface area (Å²) < 4.78 is 0. The van der Waals surface area contributed by atoms with E-state index in [1.165, 1.54) is 18.7 Å². The Labute approximate surface area is 485 Å². The maximum atomic E-state index is 14.4. The molecule has 0 aliphatic carbocycles. The average Bonchev–Trinajstić information content (AvgIpc) is 3.50. The number of hydrogen-bond acceptors (Lipinski definition) is 19. The first-order valence-corrected chi connectivity index (χ1v) is 29.4. The van der Waals surface area contributed by atoms with Crippen LogP contribution in [-0.2, 0) is 47.9 Å². The van der Waals surface area contributed by atoms with Gasteiger partial charge in [0.25, 0.3) is 0 Å². The van der Waals surface area contributed by atoms with E-state index in [1.54, 1.807) is 34.0 Å². The molecule has 0 spiro atoms. The minimum absolute atomic E-state index is 0.00245. The number of unbranched alkanes of at least 4 members (excludes halogenated alkanes) is 3. The van der Waals surface area contributed by atoms with Gasteiger partial charge in [-0.2, -0.15) is 11.8 Å². The van der Waals surface area contributed by atoms with Gasteiger partial charge in [0.2, 0.25) is 53.2 Å². The summed E-state index contributed by atoms with van der Waals surface area (Å²) in [6.07, 6.45) is 1.56. The molecule has 30 nitrogen and oxygen atoms in total. The first kappa shape index (κ1) is 76.0. The summed E-state index contributed by atoms with van der Waals surface area (Å²) >= 11 is 1.33. The number of rotatable bonds is 44. The minimum atomic E-state index is -1.76. The molecule has 0 saturated heterocycles. The lowest BCUT2D eigenvalue weighted by Crippen LogP contribution is -2.62. The van der Waals surface area contributed by atoms with Gasteiger partial charge in [0.1, 0.15) is 54.4 Å². The zero-order chi connectivity index (χ0) is 62.6. The number of guanidine groups is 1. The van der Waals surface area contributed by atoms with Gasteiger partial charge < -0.3 is 103 Å². The predicted octanol–water partition coefficient (Wildman–Crippen LogP) is -5.59. The van der Waals surface area contributed by atoms with Gasteiger partial charge in [-0.05, 0) is 134 Å². The fraction of sp³-hybridized carbons (Fsp3) is 0.784. The Morgan fingerprint density at radius 2 is 0.805 bits per heavy atom. The van der Waals surface area contributed by atoms with E-state index in [1.807, 2.05) is 5.32 Å². The second-order valence-corrected chi connectivity index (χ2v) is 21.6. The number of amides is 9. The van der Waals surface area contributed by atoms with Crippen LogP contribution in [0.3, 0.4) is 0 Å². The monoisotopic (exact) mass is 1190 g/mol. The summed E-state index contributed by atoms with van der Waals surface area (Å²) in [5.74, 6) is -10.3. The molecule has 0 heterocycles. The van der Waals surface area contributed by atoms with Crippen LogP contribution in [0.1, 0.15) is 125 Å². The Morgan fingerprint density at radius 3 is 1.15 bits per heavy atom. The van der Waals surface area contributed by atoms with E-state index in [9.17, 15) is 68.4 Å². The molecule has 0 aliphatic heterocycles. The second-order valence-electron chi connectivity index (χ2n) is 20.6. The van der Waals surface area contributed by atoms with E-state index >= 15 is 0 Å². The quantitative estimate of drug-likeness (QED) is 0.0154. The van der Waals surface area contributed by atoms with Gasteiger partial charge in [-0.3, -0.25) is 48.1 Å². The van der Waals surface area contributed by atoms with Crippen molar-refractivity contribution in [1.82, 2.24) is 47.9 Å². The number of nitrogens with two attached hydrogens (primary N) is 6. The van der Waals surface area contributed by atoms with Gasteiger partial charge in [0.05, 0.1) is 24.9 Å². The number of aliphatic hydroxyl groups excluding tert-OH is 3. The van der Waals surface area contributed by atoms with Crippen molar-refractivity contribution in [1.29, 1.82) is 0 Å². The molecule has 13 atom stereocenters. The van der Waals surface area contributed by atoms with Crippen LogP contribution in [0.5, 0.6) is 0 Å². The standard InChI is InChI=1S/C51H98N16O14S/c1-8-28(4)38(47(77)67-40(30(6)70)49(79)64-36(26-68)50(80)81)65-44(74)34(19-15-24-58-51(56)57)61-41(71)31(16-9-12-21-52)59-43(73)35(20-25-82-7)63-48(78)39(29(5)69)66-45(75)33(18-11-14-23-54)60-42(72)32(17-10-13-22-53)62-46(76)37(55)27(2)3/h27-40,68-70H,8-26,52-55H2,1-7H3,(H,59,73)(H,60,72)(H,61,71)(H,62,76)(H,63,78)(H,64,79)(H,65,74)(H,66,75)(H,67,77)(H,80,81)(H4,56,57,58)/t28-,29+,30+,31-,32-,33-,34-,35-,36-,37-,38-,39-,40-/m0/s1. The number of nitrogens with zero attached hydrogens (tertiary/aromatic N) is 1. The summed E-state index contributed by atoms with van der Waals surface area (Å²) in [6.45, 7) is 8.99. The van der Waals surface area contributed by atoms with E-state index in [-0.39, 0.29) is 76.5 Å². The van der Waals surface area contributed by atoms with Crippen molar-refractivity contribution < 1.29 is 68.4 Å². The molecule has 0 rings (SSSR count). The molecule has 472 valence electrons. The predicted molar refractivity (Wildman–Crippen MR) is 309 cm³/mol. The molecule has 0 aromatic rings. The number of nitrogens with one attached hydrogen (secondary N) is 9. The highest BCUT2D eigenvalue weighted by Gasteiger charge is 2.38. The van der Waals surface area contributed by atoms with Crippen LogP contribution in [0.15, 0.2) is 4.99 Å². The van der Waals surface area contributed by atoms with Gasteiger partial charge in [0, 0.05) is 6.54 Å². The van der Waals surface area contributed by atoms with Crippen LogP contribution >= 0.6 is 11.8 Å². The number of hydrogen-bond donors (Lipinski definition) is 19. The third-order valence-corrected chi connectivity index (χ3v) is 13.9. The Bertz CT molecular complexity index is 2040. The highest BCUT2D eigenvalue weighted by Crippen LogP contribution is 2.14. The van der Waals surface area contributed by atoms with Crippen molar-refractivity contribution in [3.63, 3.8) is 0 Å². The Morgan fingerprint density at radius 1 is 0.476 bits per heavy atom. The Balaban J connectivity index is 6.96. The van der Waals surface area contributed by atoms with Gasteiger partial charge in [-0.25, -0.2) is 4.79 Å². The molecule has 0 saturated carbocycles. The zero-order valence-corrected chi connectivity index (χ0v) is 49.5. The number of carboxylic acid groups (broad SMARTS) is 1. The number of carbonyl (C=O) groups excluding carboxylic acids is 9. The van der Waals surface area contributed by atoms with Crippen molar-refractivity contribution in [2.24, 2.45) is 51.2 Å². The van der Waals surface area contributed by atoms with Crippen molar-refractivity contribution in [2.45, 2.75) is 198 Å². The Hall–Kier alpha value is -5.96. The Kier molecular flexibility index (Phi) is 38.9. The third kappa shape index (κ3) is 29.3. The maximum absolute atomic E-state index is 14.4. The van der Waals surface area contributed by atoms with Crippen LogP contribution in [0.25, 0.3) is 0 Å². The molecule has 0 aromatic carbocycles. The topological polar surface area (TPSA) is 528 Å². The summed E-state index contributed by atoms with van der Waals surface area (Å²) in [5.41, 5.74) is 34.3. The van der Waals surface area contributed by atoms with Crippen LogP contribution in [0.4, 0.5) is 0 Å². The number of carbonyl (C=O) groups is 10. The van der Waals surface area contributed by atoms with E-state index in [0.717, 1.165) is 6.92 Å². The van der Waals surface area contributed by atoms with Gasteiger partial charge in [-0.1, -0.05) is 34.1 Å². The summed E-state index contributed by atoms with van der Waals surface area (Å²) in [7, 11) is 0.